The largest absolute Gasteiger partial charge is 0.300 e. The second kappa shape index (κ2) is 5.17. The number of ketones is 1. The third-order valence-electron chi connectivity index (χ3n) is 2.22. The van der Waals surface area contributed by atoms with Crippen LogP contribution in [0.25, 0.3) is 10.4 Å². The van der Waals surface area contributed by atoms with Crippen LogP contribution in [0.2, 0.25) is 0 Å². The molecule has 1 aromatic rings. The summed E-state index contributed by atoms with van der Waals surface area (Å²) in [6, 6.07) is 7.24. The summed E-state index contributed by atoms with van der Waals surface area (Å²) in [7, 11) is 0. The van der Waals surface area contributed by atoms with Crippen LogP contribution in [0.3, 0.4) is 0 Å². The first-order valence-electron chi connectivity index (χ1n) is 4.74. The summed E-state index contributed by atoms with van der Waals surface area (Å²) >= 11 is 0. The number of azide groups is 1. The molecule has 0 fully saturated rings. The zero-order valence-electron chi connectivity index (χ0n) is 8.84. The Bertz CT molecular complexity index is 408. The lowest BCUT2D eigenvalue weighted by molar-refractivity contribution is -0.117. The number of carbonyl (C=O) groups is 1. The first kappa shape index (κ1) is 11.3. The van der Waals surface area contributed by atoms with Gasteiger partial charge in [0.2, 0.25) is 0 Å². The number of Topliss-reactive ketones (excluding diaryl/α,β-unsaturated/α-hetero) is 1. The van der Waals surface area contributed by atoms with Crippen molar-refractivity contribution in [1.29, 1.82) is 0 Å². The van der Waals surface area contributed by atoms with Crippen molar-refractivity contribution in [3.63, 3.8) is 0 Å². The van der Waals surface area contributed by atoms with E-state index < -0.39 is 0 Å². The zero-order chi connectivity index (χ0) is 11.3. The summed E-state index contributed by atoms with van der Waals surface area (Å²) in [6.07, 6.45) is 0.259. The molecule has 4 nitrogen and oxygen atoms in total. The Morgan fingerprint density at radius 1 is 1.53 bits per heavy atom. The second-order valence-electron chi connectivity index (χ2n) is 3.48. The maximum absolute atomic E-state index is 11.0. The van der Waals surface area contributed by atoms with Crippen molar-refractivity contribution in [3.8, 4) is 0 Å². The van der Waals surface area contributed by atoms with Crippen LogP contribution in [0.1, 0.15) is 30.5 Å². The molecule has 0 heterocycles. The predicted molar refractivity (Wildman–Crippen MR) is 58.4 cm³/mol. The monoisotopic (exact) mass is 203 g/mol. The summed E-state index contributed by atoms with van der Waals surface area (Å²) < 4.78 is 0. The molecule has 1 aromatic carbocycles. The van der Waals surface area contributed by atoms with Gasteiger partial charge in [-0.3, -0.25) is 0 Å². The highest BCUT2D eigenvalue weighted by Crippen LogP contribution is 2.24. The van der Waals surface area contributed by atoms with E-state index in [0.717, 1.165) is 11.1 Å². The Hall–Kier alpha value is -1.80. The van der Waals surface area contributed by atoms with Gasteiger partial charge >= 0.3 is 0 Å². The Balaban J connectivity index is 3.03. The minimum atomic E-state index is -0.381. The van der Waals surface area contributed by atoms with Gasteiger partial charge in [0.25, 0.3) is 0 Å². The molecule has 0 radical (unpaired) electrons. The minimum Gasteiger partial charge on any atom is -0.300 e. The van der Waals surface area contributed by atoms with E-state index in [9.17, 15) is 4.79 Å². The fourth-order valence-electron chi connectivity index (χ4n) is 1.51. The van der Waals surface area contributed by atoms with Gasteiger partial charge in [0, 0.05) is 11.3 Å². The number of rotatable bonds is 4. The van der Waals surface area contributed by atoms with Crippen LogP contribution >= 0.6 is 0 Å². The van der Waals surface area contributed by atoms with E-state index in [2.05, 4.69) is 10.0 Å². The van der Waals surface area contributed by atoms with Gasteiger partial charge in [0.05, 0.1) is 6.04 Å². The topological polar surface area (TPSA) is 65.8 Å². The first-order valence-corrected chi connectivity index (χ1v) is 4.74. The SMILES string of the molecule is CC(=O)CC(N=[N+]=[N-])c1ccccc1C. The van der Waals surface area contributed by atoms with Gasteiger partial charge in [-0.05, 0) is 30.5 Å². The number of aryl methyl sites for hydroxylation is 1. The molecule has 0 saturated carbocycles. The van der Waals surface area contributed by atoms with E-state index in [0.29, 0.717) is 0 Å². The summed E-state index contributed by atoms with van der Waals surface area (Å²) in [5.74, 6) is 0.0238. The molecular weight excluding hydrogens is 190 g/mol. The van der Waals surface area contributed by atoms with Crippen molar-refractivity contribution in [2.24, 2.45) is 5.11 Å². The maximum Gasteiger partial charge on any atom is 0.130 e. The van der Waals surface area contributed by atoms with Crippen molar-refractivity contribution in [2.75, 3.05) is 0 Å². The lowest BCUT2D eigenvalue weighted by Gasteiger charge is -2.12. The smallest absolute Gasteiger partial charge is 0.130 e. The van der Waals surface area contributed by atoms with Gasteiger partial charge in [-0.15, -0.1) is 0 Å². The van der Waals surface area contributed by atoms with Crippen molar-refractivity contribution in [2.45, 2.75) is 26.3 Å². The fourth-order valence-corrected chi connectivity index (χ4v) is 1.51. The molecule has 0 aliphatic carbocycles. The highest BCUT2D eigenvalue weighted by atomic mass is 16.1. The number of hydrogen-bond acceptors (Lipinski definition) is 2. The molecule has 0 saturated heterocycles. The van der Waals surface area contributed by atoms with Gasteiger partial charge in [-0.1, -0.05) is 29.4 Å². The number of benzene rings is 1. The molecule has 1 unspecified atom stereocenters. The highest BCUT2D eigenvalue weighted by Gasteiger charge is 2.13. The molecule has 0 aliphatic rings. The van der Waals surface area contributed by atoms with Gasteiger partial charge in [-0.2, -0.15) is 0 Å². The van der Waals surface area contributed by atoms with Crippen molar-refractivity contribution in [3.05, 3.63) is 45.8 Å². The van der Waals surface area contributed by atoms with Crippen LogP contribution in [0.5, 0.6) is 0 Å². The molecule has 0 spiro atoms. The van der Waals surface area contributed by atoms with Crippen LogP contribution in [0.15, 0.2) is 29.4 Å². The normalized spacial score (nSPS) is 11.6. The standard InChI is InChI=1S/C11H13N3O/c1-8-5-3-4-6-10(8)11(13-14-12)7-9(2)15/h3-6,11H,7H2,1-2H3. The number of nitrogens with zero attached hydrogens (tertiary/aromatic N) is 3. The molecule has 0 aliphatic heterocycles. The van der Waals surface area contributed by atoms with Crippen LogP contribution < -0.4 is 0 Å². The fraction of sp³-hybridized carbons (Fsp3) is 0.364. The molecular formula is C11H13N3O. The van der Waals surface area contributed by atoms with Crippen LogP contribution in [0.4, 0.5) is 0 Å². The average molecular weight is 203 g/mol. The minimum absolute atomic E-state index is 0.0238. The Labute approximate surface area is 88.6 Å². The van der Waals surface area contributed by atoms with E-state index in [1.54, 1.807) is 0 Å². The Morgan fingerprint density at radius 3 is 2.73 bits per heavy atom. The second-order valence-corrected chi connectivity index (χ2v) is 3.48. The summed E-state index contributed by atoms with van der Waals surface area (Å²) in [4.78, 5) is 13.8. The third-order valence-corrected chi connectivity index (χ3v) is 2.22. The van der Waals surface area contributed by atoms with E-state index in [-0.39, 0.29) is 18.2 Å². The highest BCUT2D eigenvalue weighted by molar-refractivity contribution is 5.76. The molecule has 1 atom stereocenters. The lowest BCUT2D eigenvalue weighted by Crippen LogP contribution is -2.02. The van der Waals surface area contributed by atoms with Crippen molar-refractivity contribution < 1.29 is 4.79 Å². The van der Waals surface area contributed by atoms with E-state index in [1.807, 2.05) is 31.2 Å². The van der Waals surface area contributed by atoms with E-state index >= 15 is 0 Å². The number of hydrogen-bond donors (Lipinski definition) is 0. The van der Waals surface area contributed by atoms with Gasteiger partial charge in [0.1, 0.15) is 5.78 Å². The van der Waals surface area contributed by atoms with Crippen LogP contribution in [0, 0.1) is 6.92 Å². The maximum atomic E-state index is 11.0. The van der Waals surface area contributed by atoms with Crippen LogP contribution in [-0.4, -0.2) is 5.78 Å². The van der Waals surface area contributed by atoms with Gasteiger partial charge in [0.15, 0.2) is 0 Å². The summed E-state index contributed by atoms with van der Waals surface area (Å²) in [6.45, 7) is 3.44. The molecule has 0 bridgehead atoms. The molecule has 4 heteroatoms. The summed E-state index contributed by atoms with van der Waals surface area (Å²) in [5.41, 5.74) is 10.4. The Morgan fingerprint density at radius 2 is 2.20 bits per heavy atom. The quantitative estimate of drug-likeness (QED) is 0.420. The average Bonchev–Trinajstić information content (AvgIpc) is 2.17. The van der Waals surface area contributed by atoms with Gasteiger partial charge < -0.3 is 4.79 Å². The first-order chi connectivity index (χ1) is 7.15. The zero-order valence-corrected chi connectivity index (χ0v) is 8.84. The molecule has 0 amide bonds. The predicted octanol–water partition coefficient (Wildman–Crippen LogP) is 3.33. The number of carbonyl (C=O) groups excluding carboxylic acids is 1. The van der Waals surface area contributed by atoms with Crippen molar-refractivity contribution in [1.82, 2.24) is 0 Å². The molecule has 1 rings (SSSR count). The Kier molecular flexibility index (Phi) is 3.89. The summed E-state index contributed by atoms with van der Waals surface area (Å²) in [5, 5.41) is 3.66. The van der Waals surface area contributed by atoms with E-state index in [4.69, 9.17) is 5.53 Å². The van der Waals surface area contributed by atoms with Gasteiger partial charge in [-0.25, -0.2) is 0 Å². The molecule has 78 valence electrons. The molecule has 15 heavy (non-hydrogen) atoms. The lowest BCUT2D eigenvalue weighted by atomic mass is 9.98. The third kappa shape index (κ3) is 3.11. The molecule has 0 N–H and O–H groups in total. The van der Waals surface area contributed by atoms with Crippen LogP contribution in [-0.2, 0) is 4.79 Å². The van der Waals surface area contributed by atoms with Crippen molar-refractivity contribution >= 4 is 5.78 Å². The van der Waals surface area contributed by atoms with E-state index in [1.165, 1.54) is 6.92 Å². The molecule has 0 aromatic heterocycles.